The number of benzene rings is 1. The zero-order valence-electron chi connectivity index (χ0n) is 16.1. The third-order valence-electron chi connectivity index (χ3n) is 4.90. The predicted octanol–water partition coefficient (Wildman–Crippen LogP) is 4.50. The fraction of sp³-hybridized carbons (Fsp3) is 0.286. The fourth-order valence-corrected chi connectivity index (χ4v) is 4.28. The van der Waals surface area contributed by atoms with Crippen molar-refractivity contribution in [1.82, 2.24) is 9.97 Å². The number of aromatic amines is 1. The van der Waals surface area contributed by atoms with Crippen molar-refractivity contribution < 1.29 is 13.9 Å². The minimum absolute atomic E-state index is 0.0874. The van der Waals surface area contributed by atoms with Crippen LogP contribution in [0.3, 0.4) is 0 Å². The second kappa shape index (κ2) is 6.91. The molecular weight excluding hydrogens is 376 g/mol. The summed E-state index contributed by atoms with van der Waals surface area (Å²) in [7, 11) is 0. The highest BCUT2D eigenvalue weighted by atomic mass is 32.1. The molecule has 4 rings (SSSR count). The van der Waals surface area contributed by atoms with Crippen molar-refractivity contribution >= 4 is 38.5 Å². The molecular formula is C21H20N2O4S. The van der Waals surface area contributed by atoms with Crippen molar-refractivity contribution in [3.8, 4) is 0 Å². The average Bonchev–Trinajstić information content (AvgIpc) is 3.15. The Balaban J connectivity index is 1.54. The summed E-state index contributed by atoms with van der Waals surface area (Å²) in [5.41, 5.74) is 3.34. The highest BCUT2D eigenvalue weighted by molar-refractivity contribution is 7.18. The van der Waals surface area contributed by atoms with E-state index in [-0.39, 0.29) is 12.0 Å². The number of hydrogen-bond donors (Lipinski definition) is 1. The summed E-state index contributed by atoms with van der Waals surface area (Å²) in [4.78, 5) is 33.8. The van der Waals surface area contributed by atoms with E-state index in [1.165, 1.54) is 11.3 Å². The van der Waals surface area contributed by atoms with Crippen LogP contribution in [0.25, 0.3) is 21.2 Å². The minimum atomic E-state index is -0.660. The molecule has 7 heteroatoms. The van der Waals surface area contributed by atoms with Gasteiger partial charge in [0.25, 0.3) is 5.56 Å². The third kappa shape index (κ3) is 3.22. The molecule has 144 valence electrons. The van der Waals surface area contributed by atoms with Gasteiger partial charge < -0.3 is 14.1 Å². The molecule has 0 aliphatic heterocycles. The van der Waals surface area contributed by atoms with E-state index in [0.717, 1.165) is 32.5 Å². The lowest BCUT2D eigenvalue weighted by Gasteiger charge is -2.12. The first-order valence-electron chi connectivity index (χ1n) is 8.99. The van der Waals surface area contributed by atoms with Crippen molar-refractivity contribution in [3.63, 3.8) is 0 Å². The highest BCUT2D eigenvalue weighted by Crippen LogP contribution is 2.27. The summed E-state index contributed by atoms with van der Waals surface area (Å²) in [5.74, 6) is -0.0585. The second-order valence-electron chi connectivity index (χ2n) is 6.98. The van der Waals surface area contributed by atoms with Crippen LogP contribution in [-0.4, -0.2) is 15.9 Å². The van der Waals surface area contributed by atoms with Crippen LogP contribution >= 0.6 is 11.3 Å². The Labute approximate surface area is 165 Å². The van der Waals surface area contributed by atoms with Crippen LogP contribution in [0.4, 0.5) is 0 Å². The summed E-state index contributed by atoms with van der Waals surface area (Å²) in [6, 6.07) is 5.85. The Hall–Kier alpha value is -2.93. The van der Waals surface area contributed by atoms with Crippen molar-refractivity contribution in [2.45, 2.75) is 40.2 Å². The van der Waals surface area contributed by atoms with Gasteiger partial charge in [-0.05, 0) is 44.9 Å². The number of fused-ring (bicyclic) bond motifs is 2. The van der Waals surface area contributed by atoms with Crippen LogP contribution in [-0.2, 0) is 16.0 Å². The van der Waals surface area contributed by atoms with Crippen molar-refractivity contribution in [2.75, 3.05) is 0 Å². The SMILES string of the molecule is Cc1ccc2c(CC(=O)O[C@@H](C)c3nc4sc(C)c(C)c4c(=O)[nH]3)coc2c1. The number of nitrogens with zero attached hydrogens (tertiary/aromatic N) is 1. The maximum atomic E-state index is 12.4. The monoisotopic (exact) mass is 396 g/mol. The number of aromatic nitrogens is 2. The quantitative estimate of drug-likeness (QED) is 0.513. The Kier molecular flexibility index (Phi) is 4.55. The molecule has 0 radical (unpaired) electrons. The van der Waals surface area contributed by atoms with Gasteiger partial charge in [0.15, 0.2) is 11.9 Å². The van der Waals surface area contributed by atoms with Crippen LogP contribution in [0.1, 0.15) is 40.4 Å². The lowest BCUT2D eigenvalue weighted by atomic mass is 10.1. The van der Waals surface area contributed by atoms with Gasteiger partial charge >= 0.3 is 5.97 Å². The van der Waals surface area contributed by atoms with E-state index in [1.807, 2.05) is 39.0 Å². The molecule has 4 aromatic rings. The lowest BCUT2D eigenvalue weighted by Crippen LogP contribution is -2.18. The van der Waals surface area contributed by atoms with Gasteiger partial charge in [-0.15, -0.1) is 11.3 Å². The molecule has 1 N–H and O–H groups in total. The first-order chi connectivity index (χ1) is 13.3. The summed E-state index contributed by atoms with van der Waals surface area (Å²) < 4.78 is 11.0. The maximum Gasteiger partial charge on any atom is 0.311 e. The smallest absolute Gasteiger partial charge is 0.311 e. The molecule has 0 aliphatic carbocycles. The van der Waals surface area contributed by atoms with Gasteiger partial charge in [-0.1, -0.05) is 12.1 Å². The van der Waals surface area contributed by atoms with E-state index in [9.17, 15) is 9.59 Å². The number of carbonyl (C=O) groups excluding carboxylic acids is 1. The Morgan fingerprint density at radius 3 is 2.89 bits per heavy atom. The Morgan fingerprint density at radius 1 is 1.32 bits per heavy atom. The molecule has 28 heavy (non-hydrogen) atoms. The second-order valence-corrected chi connectivity index (χ2v) is 8.19. The van der Waals surface area contributed by atoms with Gasteiger partial charge in [-0.25, -0.2) is 4.98 Å². The molecule has 0 aliphatic rings. The van der Waals surface area contributed by atoms with E-state index >= 15 is 0 Å². The topological polar surface area (TPSA) is 85.2 Å². The molecule has 1 atom stereocenters. The largest absolute Gasteiger partial charge is 0.464 e. The fourth-order valence-electron chi connectivity index (χ4n) is 3.24. The molecule has 3 heterocycles. The number of carbonyl (C=O) groups is 1. The molecule has 0 saturated heterocycles. The minimum Gasteiger partial charge on any atom is -0.464 e. The summed E-state index contributed by atoms with van der Waals surface area (Å²) >= 11 is 1.47. The Bertz CT molecular complexity index is 1260. The third-order valence-corrected chi connectivity index (χ3v) is 6.00. The Morgan fingerprint density at radius 2 is 2.11 bits per heavy atom. The van der Waals surface area contributed by atoms with E-state index < -0.39 is 12.1 Å². The molecule has 0 fully saturated rings. The normalized spacial score (nSPS) is 12.6. The molecule has 0 amide bonds. The number of esters is 1. The van der Waals surface area contributed by atoms with E-state index in [2.05, 4.69) is 9.97 Å². The standard InChI is InChI=1S/C21H20N2O4S/c1-10-5-6-15-14(9-26-16(15)7-10)8-17(24)27-12(3)19-22-20(25)18-11(2)13(4)28-21(18)23-19/h5-7,9,12H,8H2,1-4H3,(H,22,23,25)/t12-/m0/s1. The molecule has 3 aromatic heterocycles. The van der Waals surface area contributed by atoms with E-state index in [0.29, 0.717) is 16.0 Å². The number of nitrogens with one attached hydrogen (secondary N) is 1. The molecule has 0 bridgehead atoms. The molecule has 0 spiro atoms. The summed E-state index contributed by atoms with van der Waals surface area (Å²) in [5, 5.41) is 1.50. The zero-order valence-corrected chi connectivity index (χ0v) is 16.9. The first-order valence-corrected chi connectivity index (χ1v) is 9.81. The predicted molar refractivity (Wildman–Crippen MR) is 109 cm³/mol. The van der Waals surface area contributed by atoms with Crippen LogP contribution in [0, 0.1) is 20.8 Å². The van der Waals surface area contributed by atoms with Gasteiger partial charge in [0, 0.05) is 15.8 Å². The zero-order chi connectivity index (χ0) is 20.0. The van der Waals surface area contributed by atoms with Crippen LogP contribution in [0.2, 0.25) is 0 Å². The van der Waals surface area contributed by atoms with Crippen molar-refractivity contribution in [2.24, 2.45) is 0 Å². The van der Waals surface area contributed by atoms with Gasteiger partial charge in [-0.3, -0.25) is 9.59 Å². The average molecular weight is 396 g/mol. The van der Waals surface area contributed by atoms with Gasteiger partial charge in [0.1, 0.15) is 10.4 Å². The van der Waals surface area contributed by atoms with E-state index in [1.54, 1.807) is 13.2 Å². The molecule has 0 saturated carbocycles. The lowest BCUT2D eigenvalue weighted by molar-refractivity contribution is -0.148. The van der Waals surface area contributed by atoms with Crippen LogP contribution < -0.4 is 5.56 Å². The molecule has 0 unspecified atom stereocenters. The maximum absolute atomic E-state index is 12.4. The van der Waals surface area contributed by atoms with Gasteiger partial charge in [0.05, 0.1) is 18.1 Å². The molecule has 6 nitrogen and oxygen atoms in total. The highest BCUT2D eigenvalue weighted by Gasteiger charge is 2.19. The first kappa shape index (κ1) is 18.4. The number of rotatable bonds is 4. The van der Waals surface area contributed by atoms with Crippen molar-refractivity contribution in [3.05, 3.63) is 62.2 Å². The number of hydrogen-bond acceptors (Lipinski definition) is 6. The number of furan rings is 1. The number of thiophene rings is 1. The number of aryl methyl sites for hydroxylation is 3. The summed E-state index contributed by atoms with van der Waals surface area (Å²) in [6.07, 6.45) is 1.01. The van der Waals surface area contributed by atoms with Gasteiger partial charge in [0.2, 0.25) is 0 Å². The summed E-state index contributed by atoms with van der Waals surface area (Å²) in [6.45, 7) is 7.55. The number of H-pyrrole nitrogens is 1. The van der Waals surface area contributed by atoms with E-state index in [4.69, 9.17) is 9.15 Å². The van der Waals surface area contributed by atoms with Crippen molar-refractivity contribution in [1.29, 1.82) is 0 Å². The van der Waals surface area contributed by atoms with Crippen LogP contribution in [0.5, 0.6) is 0 Å². The number of ether oxygens (including phenoxy) is 1. The molecule has 1 aromatic carbocycles. The van der Waals surface area contributed by atoms with Crippen LogP contribution in [0.15, 0.2) is 33.7 Å². The van der Waals surface area contributed by atoms with Gasteiger partial charge in [-0.2, -0.15) is 0 Å².